The van der Waals surface area contributed by atoms with E-state index < -0.39 is 0 Å². The molecule has 5 nitrogen and oxygen atoms in total. The van der Waals surface area contributed by atoms with Gasteiger partial charge in [-0.05, 0) is 37.7 Å². The van der Waals surface area contributed by atoms with Gasteiger partial charge in [0.2, 0.25) is 5.91 Å². The van der Waals surface area contributed by atoms with Crippen molar-refractivity contribution in [1.29, 1.82) is 0 Å². The number of hydrogen-bond donors (Lipinski definition) is 2. The number of hydrogen-bond acceptors (Lipinski definition) is 4. The molecule has 2 heterocycles. The summed E-state index contributed by atoms with van der Waals surface area (Å²) < 4.78 is 0. The van der Waals surface area contributed by atoms with Crippen LogP contribution in [0.1, 0.15) is 55.3 Å². The molecule has 0 bridgehead atoms. The molecule has 0 atom stereocenters. The average Bonchev–Trinajstić information content (AvgIpc) is 2.92. The zero-order chi connectivity index (χ0) is 16.2. The molecule has 6 heteroatoms. The van der Waals surface area contributed by atoms with E-state index in [2.05, 4.69) is 22.2 Å². The van der Waals surface area contributed by atoms with E-state index in [9.17, 15) is 9.59 Å². The van der Waals surface area contributed by atoms with E-state index in [1.54, 1.807) is 11.3 Å². The minimum Gasteiger partial charge on any atom is -0.356 e. The van der Waals surface area contributed by atoms with E-state index in [1.807, 2.05) is 0 Å². The lowest BCUT2D eigenvalue weighted by atomic mass is 9.97. The van der Waals surface area contributed by atoms with Crippen LogP contribution >= 0.6 is 11.3 Å². The van der Waals surface area contributed by atoms with Gasteiger partial charge in [-0.25, -0.2) is 4.98 Å². The Morgan fingerprint density at radius 3 is 3.00 bits per heavy atom. The summed E-state index contributed by atoms with van der Waals surface area (Å²) in [4.78, 5) is 33.8. The SMILES string of the molecule is CCCCNC(=O)CCc1nc2sc3c(c2c(=O)[nH]1)CCCC3. The molecule has 0 saturated carbocycles. The smallest absolute Gasteiger partial charge is 0.259 e. The monoisotopic (exact) mass is 333 g/mol. The highest BCUT2D eigenvalue weighted by atomic mass is 32.1. The van der Waals surface area contributed by atoms with Crippen molar-refractivity contribution in [2.45, 2.75) is 58.3 Å². The summed E-state index contributed by atoms with van der Waals surface area (Å²) in [6.07, 6.45) is 7.29. The summed E-state index contributed by atoms with van der Waals surface area (Å²) in [5, 5.41) is 3.67. The van der Waals surface area contributed by atoms with Crippen LogP contribution in [0, 0.1) is 0 Å². The van der Waals surface area contributed by atoms with Crippen LogP contribution in [0.5, 0.6) is 0 Å². The largest absolute Gasteiger partial charge is 0.356 e. The van der Waals surface area contributed by atoms with E-state index in [-0.39, 0.29) is 11.5 Å². The molecular weight excluding hydrogens is 310 g/mol. The molecular formula is C17H23N3O2S. The molecule has 124 valence electrons. The van der Waals surface area contributed by atoms with E-state index in [1.165, 1.54) is 16.9 Å². The molecule has 2 aromatic rings. The van der Waals surface area contributed by atoms with Gasteiger partial charge in [-0.3, -0.25) is 9.59 Å². The second-order valence-electron chi connectivity index (χ2n) is 6.11. The van der Waals surface area contributed by atoms with Gasteiger partial charge in [0, 0.05) is 24.3 Å². The zero-order valence-electron chi connectivity index (χ0n) is 13.5. The van der Waals surface area contributed by atoms with Crippen LogP contribution in [0.4, 0.5) is 0 Å². The van der Waals surface area contributed by atoms with Gasteiger partial charge >= 0.3 is 0 Å². The van der Waals surface area contributed by atoms with Gasteiger partial charge in [-0.1, -0.05) is 13.3 Å². The van der Waals surface area contributed by atoms with E-state index in [0.29, 0.717) is 18.7 Å². The molecule has 1 aliphatic rings. The Hall–Kier alpha value is -1.69. The van der Waals surface area contributed by atoms with Crippen molar-refractivity contribution in [3.8, 4) is 0 Å². The standard InChI is InChI=1S/C17H23N3O2S/c1-2-3-10-18-14(21)9-8-13-19-16(22)15-11-6-4-5-7-12(11)23-17(15)20-13/h2-10H2,1H3,(H,18,21)(H,19,20,22). The van der Waals surface area contributed by atoms with Crippen molar-refractivity contribution in [3.05, 3.63) is 26.6 Å². The van der Waals surface area contributed by atoms with Gasteiger partial charge in [0.05, 0.1) is 5.39 Å². The highest BCUT2D eigenvalue weighted by molar-refractivity contribution is 7.18. The van der Waals surface area contributed by atoms with Gasteiger partial charge in [0.15, 0.2) is 0 Å². The maximum Gasteiger partial charge on any atom is 0.259 e. The molecule has 1 aliphatic carbocycles. The van der Waals surface area contributed by atoms with Gasteiger partial charge < -0.3 is 10.3 Å². The number of H-pyrrole nitrogens is 1. The summed E-state index contributed by atoms with van der Waals surface area (Å²) in [7, 11) is 0. The van der Waals surface area contributed by atoms with Crippen LogP contribution in [0.3, 0.4) is 0 Å². The first-order chi connectivity index (χ1) is 11.2. The molecule has 2 aromatic heterocycles. The number of rotatable bonds is 6. The summed E-state index contributed by atoms with van der Waals surface area (Å²) >= 11 is 1.65. The number of nitrogens with zero attached hydrogens (tertiary/aromatic N) is 1. The first-order valence-corrected chi connectivity index (χ1v) is 9.31. The number of aromatic amines is 1. The first-order valence-electron chi connectivity index (χ1n) is 8.49. The molecule has 2 N–H and O–H groups in total. The lowest BCUT2D eigenvalue weighted by Gasteiger charge is -2.09. The van der Waals surface area contributed by atoms with Crippen molar-refractivity contribution < 1.29 is 4.79 Å². The Labute approximate surface area is 139 Å². The van der Waals surface area contributed by atoms with Crippen molar-refractivity contribution in [2.75, 3.05) is 6.54 Å². The Bertz CT molecular complexity index is 763. The van der Waals surface area contributed by atoms with Crippen molar-refractivity contribution in [2.24, 2.45) is 0 Å². The second kappa shape index (κ2) is 7.25. The van der Waals surface area contributed by atoms with Gasteiger partial charge in [0.1, 0.15) is 10.7 Å². The summed E-state index contributed by atoms with van der Waals surface area (Å²) in [5.41, 5.74) is 1.16. The fourth-order valence-corrected chi connectivity index (χ4v) is 4.33. The molecule has 1 amide bonds. The number of nitrogens with one attached hydrogen (secondary N) is 2. The second-order valence-corrected chi connectivity index (χ2v) is 7.19. The van der Waals surface area contributed by atoms with Gasteiger partial charge in [-0.15, -0.1) is 11.3 Å². The Morgan fingerprint density at radius 2 is 2.17 bits per heavy atom. The molecule has 0 aliphatic heterocycles. The van der Waals surface area contributed by atoms with Crippen LogP contribution < -0.4 is 10.9 Å². The minimum atomic E-state index is -0.0456. The number of fused-ring (bicyclic) bond motifs is 3. The Balaban J connectivity index is 1.73. The normalized spacial score (nSPS) is 14.0. The predicted octanol–water partition coefficient (Wildman–Crippen LogP) is 2.71. The van der Waals surface area contributed by atoms with E-state index >= 15 is 0 Å². The number of aromatic nitrogens is 2. The van der Waals surface area contributed by atoms with Gasteiger partial charge in [-0.2, -0.15) is 0 Å². The number of carbonyl (C=O) groups is 1. The quantitative estimate of drug-likeness (QED) is 0.798. The highest BCUT2D eigenvalue weighted by Gasteiger charge is 2.19. The third kappa shape index (κ3) is 3.63. The summed E-state index contributed by atoms with van der Waals surface area (Å²) in [5.74, 6) is 0.637. The maximum absolute atomic E-state index is 12.4. The lowest BCUT2D eigenvalue weighted by Crippen LogP contribution is -2.25. The third-order valence-corrected chi connectivity index (χ3v) is 5.50. The number of unbranched alkanes of at least 4 members (excludes halogenated alkanes) is 1. The molecule has 0 radical (unpaired) electrons. The molecule has 0 spiro atoms. The third-order valence-electron chi connectivity index (χ3n) is 4.32. The summed E-state index contributed by atoms with van der Waals surface area (Å²) in [6.45, 7) is 2.81. The molecule has 0 fully saturated rings. The van der Waals surface area contributed by atoms with Crippen LogP contribution in [0.2, 0.25) is 0 Å². The summed E-state index contributed by atoms with van der Waals surface area (Å²) in [6, 6.07) is 0. The number of aryl methyl sites for hydroxylation is 3. The van der Waals surface area contributed by atoms with Crippen molar-refractivity contribution in [1.82, 2.24) is 15.3 Å². The molecule has 0 unspecified atom stereocenters. The maximum atomic E-state index is 12.4. The topological polar surface area (TPSA) is 74.8 Å². The van der Waals surface area contributed by atoms with Gasteiger partial charge in [0.25, 0.3) is 5.56 Å². The van der Waals surface area contributed by atoms with Crippen molar-refractivity contribution in [3.63, 3.8) is 0 Å². The molecule has 23 heavy (non-hydrogen) atoms. The zero-order valence-corrected chi connectivity index (χ0v) is 14.4. The van der Waals surface area contributed by atoms with Crippen LogP contribution in [-0.2, 0) is 24.1 Å². The fourth-order valence-electron chi connectivity index (χ4n) is 3.05. The van der Waals surface area contributed by atoms with E-state index in [4.69, 9.17) is 0 Å². The highest BCUT2D eigenvalue weighted by Crippen LogP contribution is 2.33. The van der Waals surface area contributed by atoms with Crippen LogP contribution in [-0.4, -0.2) is 22.4 Å². The van der Waals surface area contributed by atoms with Crippen LogP contribution in [0.25, 0.3) is 10.2 Å². The number of thiophene rings is 1. The predicted molar refractivity (Wildman–Crippen MR) is 93.1 cm³/mol. The molecule has 3 rings (SSSR count). The Morgan fingerprint density at radius 1 is 1.35 bits per heavy atom. The lowest BCUT2D eigenvalue weighted by molar-refractivity contribution is -0.121. The van der Waals surface area contributed by atoms with Crippen LogP contribution in [0.15, 0.2) is 4.79 Å². The first kappa shape index (κ1) is 16.2. The Kier molecular flexibility index (Phi) is 5.10. The fraction of sp³-hybridized carbons (Fsp3) is 0.588. The average molecular weight is 333 g/mol. The molecule has 0 aromatic carbocycles. The van der Waals surface area contributed by atoms with Crippen molar-refractivity contribution >= 4 is 27.5 Å². The number of amides is 1. The molecule has 0 saturated heterocycles. The number of carbonyl (C=O) groups excluding carboxylic acids is 1. The minimum absolute atomic E-state index is 0.0201. The van der Waals surface area contributed by atoms with E-state index in [0.717, 1.165) is 48.9 Å².